The fourth-order valence-electron chi connectivity index (χ4n) is 3.16. The summed E-state index contributed by atoms with van der Waals surface area (Å²) in [5, 5.41) is 3.72. The zero-order valence-corrected chi connectivity index (χ0v) is 10.5. The molecule has 0 aliphatic carbocycles. The molecule has 2 aliphatic heterocycles. The highest BCUT2D eigenvalue weighted by atomic mass is 15.2. The number of fused-ring (bicyclic) bond motifs is 2. The lowest BCUT2D eigenvalue weighted by atomic mass is 9.97. The Labute approximate surface area is 94.4 Å². The van der Waals surface area contributed by atoms with Crippen LogP contribution in [0, 0.1) is 5.92 Å². The second-order valence-electron chi connectivity index (χ2n) is 5.72. The van der Waals surface area contributed by atoms with Gasteiger partial charge in [0.05, 0.1) is 0 Å². The molecule has 2 heterocycles. The number of piperidine rings is 1. The predicted molar refractivity (Wildman–Crippen MR) is 65.1 cm³/mol. The highest BCUT2D eigenvalue weighted by Gasteiger charge is 2.34. The monoisotopic (exact) mass is 210 g/mol. The highest BCUT2D eigenvalue weighted by Crippen LogP contribution is 2.29. The minimum Gasteiger partial charge on any atom is -0.311 e. The van der Waals surface area contributed by atoms with Gasteiger partial charge in [-0.25, -0.2) is 0 Å². The number of hydrogen-bond acceptors (Lipinski definition) is 2. The van der Waals surface area contributed by atoms with E-state index in [2.05, 4.69) is 31.1 Å². The summed E-state index contributed by atoms with van der Waals surface area (Å²) in [5.74, 6) is 0.850. The molecular weight excluding hydrogens is 184 g/mol. The Hall–Kier alpha value is -0.0800. The Morgan fingerprint density at radius 2 is 1.87 bits per heavy atom. The Morgan fingerprint density at radius 3 is 2.40 bits per heavy atom. The summed E-state index contributed by atoms with van der Waals surface area (Å²) in [6.45, 7) is 5.94. The van der Waals surface area contributed by atoms with Crippen molar-refractivity contribution in [2.75, 3.05) is 13.6 Å². The van der Waals surface area contributed by atoms with Gasteiger partial charge in [0.1, 0.15) is 0 Å². The van der Waals surface area contributed by atoms with Gasteiger partial charge in [0.2, 0.25) is 0 Å². The fourth-order valence-corrected chi connectivity index (χ4v) is 3.16. The Kier molecular flexibility index (Phi) is 3.68. The van der Waals surface area contributed by atoms with Crippen LogP contribution in [0.25, 0.3) is 0 Å². The minimum absolute atomic E-state index is 0.827. The minimum atomic E-state index is 0.827. The smallest absolute Gasteiger partial charge is 0.0122 e. The first-order valence-corrected chi connectivity index (χ1v) is 6.65. The van der Waals surface area contributed by atoms with Crippen LogP contribution in [0.15, 0.2) is 0 Å². The van der Waals surface area contributed by atoms with E-state index in [9.17, 15) is 0 Å². The first-order valence-electron chi connectivity index (χ1n) is 6.65. The van der Waals surface area contributed by atoms with E-state index in [0.717, 1.165) is 24.0 Å². The van der Waals surface area contributed by atoms with Crippen LogP contribution in [0.4, 0.5) is 0 Å². The maximum Gasteiger partial charge on any atom is 0.0122 e. The van der Waals surface area contributed by atoms with Crippen molar-refractivity contribution < 1.29 is 0 Å². The van der Waals surface area contributed by atoms with Crippen molar-refractivity contribution in [3.63, 3.8) is 0 Å². The van der Waals surface area contributed by atoms with Gasteiger partial charge in [-0.2, -0.15) is 0 Å². The van der Waals surface area contributed by atoms with Crippen LogP contribution in [0.3, 0.4) is 0 Å². The van der Waals surface area contributed by atoms with Gasteiger partial charge in [0, 0.05) is 24.7 Å². The van der Waals surface area contributed by atoms with Gasteiger partial charge in [-0.05, 0) is 38.6 Å². The van der Waals surface area contributed by atoms with Gasteiger partial charge >= 0.3 is 0 Å². The molecule has 1 N–H and O–H groups in total. The number of nitrogens with one attached hydrogen (secondary N) is 1. The van der Waals surface area contributed by atoms with Crippen LogP contribution in [-0.4, -0.2) is 36.6 Å². The Balaban J connectivity index is 1.83. The van der Waals surface area contributed by atoms with Gasteiger partial charge in [-0.1, -0.05) is 20.3 Å². The number of nitrogens with zero attached hydrogens (tertiary/aromatic N) is 1. The van der Waals surface area contributed by atoms with Crippen molar-refractivity contribution in [1.82, 2.24) is 10.2 Å². The maximum atomic E-state index is 3.72. The van der Waals surface area contributed by atoms with Crippen LogP contribution in [0.1, 0.15) is 46.0 Å². The van der Waals surface area contributed by atoms with Crippen LogP contribution < -0.4 is 5.32 Å². The molecule has 2 bridgehead atoms. The van der Waals surface area contributed by atoms with E-state index in [0.29, 0.717) is 0 Å². The van der Waals surface area contributed by atoms with Gasteiger partial charge in [0.25, 0.3) is 0 Å². The lowest BCUT2D eigenvalue weighted by Crippen LogP contribution is -2.47. The molecule has 0 aromatic carbocycles. The molecule has 2 aliphatic rings. The molecule has 0 aromatic heterocycles. The molecule has 0 amide bonds. The molecule has 2 nitrogen and oxygen atoms in total. The summed E-state index contributed by atoms with van der Waals surface area (Å²) in [7, 11) is 2.32. The molecule has 0 aromatic rings. The summed E-state index contributed by atoms with van der Waals surface area (Å²) in [5.41, 5.74) is 0. The summed E-state index contributed by atoms with van der Waals surface area (Å²) < 4.78 is 0. The van der Waals surface area contributed by atoms with Crippen molar-refractivity contribution in [3.8, 4) is 0 Å². The van der Waals surface area contributed by atoms with Gasteiger partial charge < -0.3 is 10.2 Å². The van der Waals surface area contributed by atoms with Crippen LogP contribution >= 0.6 is 0 Å². The molecule has 88 valence electrons. The molecule has 0 radical (unpaired) electrons. The third-order valence-electron chi connectivity index (χ3n) is 4.37. The second-order valence-corrected chi connectivity index (χ2v) is 5.72. The van der Waals surface area contributed by atoms with E-state index in [1.807, 2.05) is 0 Å². The maximum absolute atomic E-state index is 3.72. The SMILES string of the molecule is CCC(C)CN(C)C1CC2CCC(C1)N2. The van der Waals surface area contributed by atoms with Crippen LogP contribution in [-0.2, 0) is 0 Å². The lowest BCUT2D eigenvalue weighted by Gasteiger charge is -2.36. The largest absolute Gasteiger partial charge is 0.311 e. The molecule has 3 atom stereocenters. The normalized spacial score (nSPS) is 37.2. The van der Waals surface area contributed by atoms with E-state index < -0.39 is 0 Å². The third-order valence-corrected chi connectivity index (χ3v) is 4.37. The predicted octanol–water partition coefficient (Wildman–Crippen LogP) is 2.25. The topological polar surface area (TPSA) is 15.3 Å². The highest BCUT2D eigenvalue weighted by molar-refractivity contribution is 4.95. The van der Waals surface area contributed by atoms with E-state index >= 15 is 0 Å². The second kappa shape index (κ2) is 4.84. The molecule has 0 saturated carbocycles. The van der Waals surface area contributed by atoms with E-state index in [1.54, 1.807) is 0 Å². The van der Waals surface area contributed by atoms with Gasteiger partial charge in [-0.15, -0.1) is 0 Å². The molecule has 2 heteroatoms. The average Bonchev–Trinajstić information content (AvgIpc) is 2.57. The molecule has 2 saturated heterocycles. The summed E-state index contributed by atoms with van der Waals surface area (Å²) in [6, 6.07) is 2.50. The molecular formula is C13H26N2. The van der Waals surface area contributed by atoms with Crippen LogP contribution in [0.2, 0.25) is 0 Å². The summed E-state index contributed by atoms with van der Waals surface area (Å²) in [4.78, 5) is 2.61. The van der Waals surface area contributed by atoms with Crippen molar-refractivity contribution in [2.45, 2.75) is 64.1 Å². The van der Waals surface area contributed by atoms with Gasteiger partial charge in [0.15, 0.2) is 0 Å². The first kappa shape index (κ1) is 11.4. The van der Waals surface area contributed by atoms with Crippen molar-refractivity contribution in [3.05, 3.63) is 0 Å². The molecule has 2 fully saturated rings. The Morgan fingerprint density at radius 1 is 1.27 bits per heavy atom. The summed E-state index contributed by atoms with van der Waals surface area (Å²) in [6.07, 6.45) is 6.89. The van der Waals surface area contributed by atoms with Crippen molar-refractivity contribution in [1.29, 1.82) is 0 Å². The van der Waals surface area contributed by atoms with Crippen molar-refractivity contribution >= 4 is 0 Å². The molecule has 2 rings (SSSR count). The molecule has 15 heavy (non-hydrogen) atoms. The van der Waals surface area contributed by atoms with E-state index in [1.165, 1.54) is 38.6 Å². The quantitative estimate of drug-likeness (QED) is 0.765. The van der Waals surface area contributed by atoms with E-state index in [4.69, 9.17) is 0 Å². The van der Waals surface area contributed by atoms with Crippen LogP contribution in [0.5, 0.6) is 0 Å². The molecule has 0 spiro atoms. The average molecular weight is 210 g/mol. The third kappa shape index (κ3) is 2.73. The van der Waals surface area contributed by atoms with Gasteiger partial charge in [-0.3, -0.25) is 0 Å². The standard InChI is InChI=1S/C13H26N2/c1-4-10(2)9-15(3)13-7-11-5-6-12(8-13)14-11/h10-14H,4-9H2,1-3H3. The zero-order chi connectivity index (χ0) is 10.8. The van der Waals surface area contributed by atoms with E-state index in [-0.39, 0.29) is 0 Å². The molecule has 3 unspecified atom stereocenters. The summed E-state index contributed by atoms with van der Waals surface area (Å²) >= 11 is 0. The number of rotatable bonds is 4. The number of hydrogen-bond donors (Lipinski definition) is 1. The lowest BCUT2D eigenvalue weighted by molar-refractivity contribution is 0.153. The first-order chi connectivity index (χ1) is 7.19. The Bertz CT molecular complexity index is 193. The fraction of sp³-hybridized carbons (Fsp3) is 1.00. The van der Waals surface area contributed by atoms with Crippen molar-refractivity contribution in [2.24, 2.45) is 5.92 Å². The zero-order valence-electron chi connectivity index (χ0n) is 10.5.